The quantitative estimate of drug-likeness (QED) is 0.816. The lowest BCUT2D eigenvalue weighted by atomic mass is 9.80. The van der Waals surface area contributed by atoms with Gasteiger partial charge in [0.15, 0.2) is 0 Å². The predicted octanol–water partition coefficient (Wildman–Crippen LogP) is 0.826. The Bertz CT molecular complexity index is 463. The largest absolute Gasteiger partial charge is 0.500 e. The number of methoxy groups -OCH3 is 1. The molecule has 0 amide bonds. The molecule has 1 N–H and O–H groups in total. The summed E-state index contributed by atoms with van der Waals surface area (Å²) in [5.74, 6) is 0.644. The van der Waals surface area contributed by atoms with E-state index >= 15 is 0 Å². The number of rotatable bonds is 3. The monoisotopic (exact) mass is 265 g/mol. The molecule has 1 aliphatic rings. The van der Waals surface area contributed by atoms with E-state index in [9.17, 15) is 0 Å². The molecule has 1 fully saturated rings. The zero-order valence-electron chi connectivity index (χ0n) is 12.3. The van der Waals surface area contributed by atoms with Crippen molar-refractivity contribution >= 4 is 18.4 Å². The summed E-state index contributed by atoms with van der Waals surface area (Å²) in [5, 5.41) is 3.01. The lowest BCUT2D eigenvalue weighted by molar-refractivity contribution is 0.00578. The number of hydrogen-bond acceptors (Lipinski definition) is 6. The summed E-state index contributed by atoms with van der Waals surface area (Å²) in [6.07, 6.45) is 1.67. The minimum atomic E-state index is -0.488. The maximum absolute atomic E-state index is 5.98. The zero-order chi connectivity index (χ0) is 14.3. The van der Waals surface area contributed by atoms with Gasteiger partial charge in [-0.25, -0.2) is 4.98 Å². The Kier molecular flexibility index (Phi) is 3.44. The number of hydrogen-bond donors (Lipinski definition) is 1. The molecule has 19 heavy (non-hydrogen) atoms. The molecule has 104 valence electrons. The van der Waals surface area contributed by atoms with Crippen LogP contribution in [0.1, 0.15) is 27.7 Å². The van der Waals surface area contributed by atoms with Crippen LogP contribution < -0.4 is 15.5 Å². The molecule has 0 bridgehead atoms. The molecule has 0 spiro atoms. The van der Waals surface area contributed by atoms with E-state index in [1.165, 1.54) is 7.11 Å². The second kappa shape index (κ2) is 4.65. The highest BCUT2D eigenvalue weighted by Crippen LogP contribution is 2.36. The number of ether oxygens (including phenoxy) is 1. The first-order valence-electron chi connectivity index (χ1n) is 6.25. The highest BCUT2D eigenvalue weighted by Gasteiger charge is 2.52. The molecule has 2 heterocycles. The summed E-state index contributed by atoms with van der Waals surface area (Å²) in [7, 11) is 2.83. The SMILES string of the molecule is CNc1nc(OC)ncc1B1OC(C)(C)C(C)(C)O1. The summed E-state index contributed by atoms with van der Waals surface area (Å²) in [6, 6.07) is 0.310. The third kappa shape index (κ3) is 2.40. The van der Waals surface area contributed by atoms with Gasteiger partial charge in [-0.05, 0) is 27.7 Å². The van der Waals surface area contributed by atoms with Crippen molar-refractivity contribution in [3.63, 3.8) is 0 Å². The van der Waals surface area contributed by atoms with Crippen molar-refractivity contribution in [2.24, 2.45) is 0 Å². The molecule has 1 aromatic heterocycles. The Balaban J connectivity index is 2.34. The van der Waals surface area contributed by atoms with Crippen LogP contribution in [0.2, 0.25) is 0 Å². The Labute approximate surface area is 114 Å². The standard InChI is InChI=1S/C12H20BN3O3/c1-11(2)12(3,4)19-13(18-11)8-7-15-10(17-6)16-9(8)14-5/h7H,1-6H3,(H,14,15,16). The number of nitrogens with one attached hydrogen (secondary N) is 1. The predicted molar refractivity (Wildman–Crippen MR) is 73.8 cm³/mol. The third-order valence-electron chi connectivity index (χ3n) is 3.72. The molecule has 0 saturated carbocycles. The molecule has 7 heteroatoms. The van der Waals surface area contributed by atoms with Crippen LogP contribution in [0.4, 0.5) is 5.82 Å². The molecule has 1 aromatic rings. The average Bonchev–Trinajstić information content (AvgIpc) is 2.57. The summed E-state index contributed by atoms with van der Waals surface area (Å²) in [5.41, 5.74) is -0.00691. The molecule has 1 saturated heterocycles. The van der Waals surface area contributed by atoms with Crippen LogP contribution in [-0.4, -0.2) is 42.4 Å². The van der Waals surface area contributed by atoms with Gasteiger partial charge in [-0.2, -0.15) is 4.98 Å². The first-order chi connectivity index (χ1) is 8.80. The van der Waals surface area contributed by atoms with Crippen LogP contribution >= 0.6 is 0 Å². The van der Waals surface area contributed by atoms with Gasteiger partial charge in [-0.1, -0.05) is 0 Å². The van der Waals surface area contributed by atoms with Crippen LogP contribution in [0.5, 0.6) is 6.01 Å². The van der Waals surface area contributed by atoms with Crippen molar-refractivity contribution in [3.05, 3.63) is 6.20 Å². The van der Waals surface area contributed by atoms with Crippen LogP contribution in [-0.2, 0) is 9.31 Å². The van der Waals surface area contributed by atoms with Crippen LogP contribution in [0.15, 0.2) is 6.20 Å². The van der Waals surface area contributed by atoms with Gasteiger partial charge in [-0.3, -0.25) is 0 Å². The molecule has 0 unspecified atom stereocenters. The normalized spacial score (nSPS) is 20.4. The van der Waals surface area contributed by atoms with Gasteiger partial charge < -0.3 is 19.4 Å². The summed E-state index contributed by atoms with van der Waals surface area (Å²) < 4.78 is 17.0. The van der Waals surface area contributed by atoms with Crippen LogP contribution in [0.3, 0.4) is 0 Å². The lowest BCUT2D eigenvalue weighted by Gasteiger charge is -2.32. The molecule has 0 radical (unpaired) electrons. The molecule has 6 nitrogen and oxygen atoms in total. The maximum atomic E-state index is 5.98. The molecule has 0 atom stereocenters. The highest BCUT2D eigenvalue weighted by atomic mass is 16.7. The second-order valence-corrected chi connectivity index (χ2v) is 5.50. The van der Waals surface area contributed by atoms with Crippen LogP contribution in [0.25, 0.3) is 0 Å². The molecular weight excluding hydrogens is 245 g/mol. The number of anilines is 1. The minimum absolute atomic E-state index is 0.310. The van der Waals surface area contributed by atoms with E-state index in [1.54, 1.807) is 13.2 Å². The zero-order valence-corrected chi connectivity index (χ0v) is 12.3. The van der Waals surface area contributed by atoms with Gasteiger partial charge >= 0.3 is 13.1 Å². The van der Waals surface area contributed by atoms with E-state index in [0.717, 1.165) is 5.46 Å². The first kappa shape index (κ1) is 14.1. The van der Waals surface area contributed by atoms with E-state index < -0.39 is 7.12 Å². The fourth-order valence-electron chi connectivity index (χ4n) is 1.82. The van der Waals surface area contributed by atoms with Gasteiger partial charge in [-0.15, -0.1) is 0 Å². The smallest absolute Gasteiger partial charge is 0.467 e. The second-order valence-electron chi connectivity index (χ2n) is 5.50. The van der Waals surface area contributed by atoms with Crippen molar-refractivity contribution in [1.29, 1.82) is 0 Å². The van der Waals surface area contributed by atoms with E-state index in [0.29, 0.717) is 11.8 Å². The highest BCUT2D eigenvalue weighted by molar-refractivity contribution is 6.63. The van der Waals surface area contributed by atoms with E-state index in [-0.39, 0.29) is 11.2 Å². The molecular formula is C12H20BN3O3. The number of nitrogens with zero attached hydrogens (tertiary/aromatic N) is 2. The van der Waals surface area contributed by atoms with Gasteiger partial charge in [0.25, 0.3) is 0 Å². The van der Waals surface area contributed by atoms with E-state index in [1.807, 2.05) is 27.7 Å². The van der Waals surface area contributed by atoms with Crippen molar-refractivity contribution in [1.82, 2.24) is 9.97 Å². The summed E-state index contributed by atoms with van der Waals surface area (Å²) in [4.78, 5) is 8.36. The molecule has 0 aliphatic carbocycles. The topological polar surface area (TPSA) is 65.5 Å². The fraction of sp³-hybridized carbons (Fsp3) is 0.667. The van der Waals surface area contributed by atoms with Crippen molar-refractivity contribution in [2.75, 3.05) is 19.5 Å². The Morgan fingerprint density at radius 2 is 1.79 bits per heavy atom. The van der Waals surface area contributed by atoms with E-state index in [2.05, 4.69) is 15.3 Å². The fourth-order valence-corrected chi connectivity index (χ4v) is 1.82. The maximum Gasteiger partial charge on any atom is 0.500 e. The average molecular weight is 265 g/mol. The van der Waals surface area contributed by atoms with Crippen molar-refractivity contribution in [3.8, 4) is 6.01 Å². The Hall–Kier alpha value is -1.34. The first-order valence-corrected chi connectivity index (χ1v) is 6.25. The summed E-state index contributed by atoms with van der Waals surface area (Å²) in [6.45, 7) is 8.04. The van der Waals surface area contributed by atoms with Crippen molar-refractivity contribution < 1.29 is 14.0 Å². The molecule has 0 aromatic carbocycles. The van der Waals surface area contributed by atoms with Gasteiger partial charge in [0.2, 0.25) is 0 Å². The van der Waals surface area contributed by atoms with Crippen LogP contribution in [0, 0.1) is 0 Å². The molecule has 2 rings (SSSR count). The Morgan fingerprint density at radius 3 is 2.26 bits per heavy atom. The van der Waals surface area contributed by atoms with Crippen molar-refractivity contribution in [2.45, 2.75) is 38.9 Å². The number of aromatic nitrogens is 2. The molecule has 1 aliphatic heterocycles. The summed E-state index contributed by atoms with van der Waals surface area (Å²) >= 11 is 0. The Morgan fingerprint density at radius 1 is 1.21 bits per heavy atom. The van der Waals surface area contributed by atoms with Gasteiger partial charge in [0.05, 0.1) is 18.3 Å². The third-order valence-corrected chi connectivity index (χ3v) is 3.72. The van der Waals surface area contributed by atoms with Gasteiger partial charge in [0, 0.05) is 18.7 Å². The minimum Gasteiger partial charge on any atom is -0.467 e. The lowest BCUT2D eigenvalue weighted by Crippen LogP contribution is -2.41. The van der Waals surface area contributed by atoms with E-state index in [4.69, 9.17) is 14.0 Å². The van der Waals surface area contributed by atoms with Gasteiger partial charge in [0.1, 0.15) is 5.82 Å².